The molecule has 4 nitrogen and oxygen atoms in total. The summed E-state index contributed by atoms with van der Waals surface area (Å²) in [7, 11) is 1.60. The number of nitrogens with one attached hydrogen (secondary N) is 1. The molecule has 0 aliphatic rings. The number of amides is 1. The second-order valence-electron chi connectivity index (χ2n) is 3.50. The molecule has 1 heterocycles. The molecule has 1 aromatic rings. The molecule has 0 saturated carbocycles. The molecule has 1 unspecified atom stereocenters. The van der Waals surface area contributed by atoms with Crippen molar-refractivity contribution in [3.8, 4) is 11.8 Å². The maximum Gasteiger partial charge on any atom is 0.262 e. The van der Waals surface area contributed by atoms with Gasteiger partial charge in [-0.25, -0.2) is 0 Å². The van der Waals surface area contributed by atoms with E-state index in [1.807, 2.05) is 18.4 Å². The average Bonchev–Trinajstić information content (AvgIpc) is 2.74. The lowest BCUT2D eigenvalue weighted by atomic mass is 10.2. The number of ether oxygens (including phenoxy) is 1. The lowest BCUT2D eigenvalue weighted by Gasteiger charge is -2.11. The third-order valence-corrected chi connectivity index (χ3v) is 2.90. The molecule has 1 rings (SSSR count). The fraction of sp³-hybridized carbons (Fsp3) is 0.417. The van der Waals surface area contributed by atoms with Crippen molar-refractivity contribution in [3.05, 3.63) is 21.9 Å². The second-order valence-corrected chi connectivity index (χ2v) is 4.42. The molecule has 3 N–H and O–H groups in total. The van der Waals surface area contributed by atoms with Crippen LogP contribution < -0.4 is 11.1 Å². The van der Waals surface area contributed by atoms with Crippen molar-refractivity contribution < 1.29 is 9.53 Å². The van der Waals surface area contributed by atoms with Gasteiger partial charge >= 0.3 is 0 Å². The molecule has 0 aromatic carbocycles. The third kappa shape index (κ3) is 4.19. The molecule has 0 radical (unpaired) electrons. The van der Waals surface area contributed by atoms with Gasteiger partial charge < -0.3 is 15.8 Å². The molecular weight excluding hydrogens is 236 g/mol. The summed E-state index contributed by atoms with van der Waals surface area (Å²) in [6.45, 7) is 2.66. The fourth-order valence-corrected chi connectivity index (χ4v) is 2.06. The van der Waals surface area contributed by atoms with Crippen LogP contribution in [0.4, 0.5) is 0 Å². The third-order valence-electron chi connectivity index (χ3n) is 1.99. The van der Waals surface area contributed by atoms with Crippen LogP contribution in [0.5, 0.6) is 0 Å². The number of thiophene rings is 1. The van der Waals surface area contributed by atoms with Crippen LogP contribution in [-0.2, 0) is 4.74 Å². The Kier molecular flexibility index (Phi) is 5.70. The summed E-state index contributed by atoms with van der Waals surface area (Å²) >= 11 is 1.37. The summed E-state index contributed by atoms with van der Waals surface area (Å²) in [6, 6.07) is 1.80. The van der Waals surface area contributed by atoms with E-state index in [4.69, 9.17) is 10.5 Å². The Morgan fingerprint density at radius 2 is 2.47 bits per heavy atom. The highest BCUT2D eigenvalue weighted by molar-refractivity contribution is 7.12. The monoisotopic (exact) mass is 252 g/mol. The van der Waals surface area contributed by atoms with Crippen LogP contribution >= 0.6 is 11.3 Å². The first kappa shape index (κ1) is 13.7. The summed E-state index contributed by atoms with van der Waals surface area (Å²) in [5.41, 5.74) is 6.03. The van der Waals surface area contributed by atoms with E-state index in [0.29, 0.717) is 11.5 Å². The summed E-state index contributed by atoms with van der Waals surface area (Å²) in [4.78, 5) is 12.5. The van der Waals surface area contributed by atoms with Crippen LogP contribution in [-0.4, -0.2) is 32.2 Å². The van der Waals surface area contributed by atoms with Gasteiger partial charge in [0.15, 0.2) is 0 Å². The maximum absolute atomic E-state index is 11.9. The quantitative estimate of drug-likeness (QED) is 0.780. The zero-order valence-corrected chi connectivity index (χ0v) is 10.8. The first-order valence-corrected chi connectivity index (χ1v) is 6.13. The molecule has 0 aliphatic heterocycles. The van der Waals surface area contributed by atoms with Crippen LogP contribution in [0.1, 0.15) is 22.2 Å². The number of nitrogens with two attached hydrogens (primary N) is 1. The summed E-state index contributed by atoms with van der Waals surface area (Å²) in [6.07, 6.45) is 0. The Morgan fingerprint density at radius 1 is 1.71 bits per heavy atom. The van der Waals surface area contributed by atoms with E-state index in [-0.39, 0.29) is 18.5 Å². The van der Waals surface area contributed by atoms with E-state index >= 15 is 0 Å². The normalized spacial score (nSPS) is 11.5. The average molecular weight is 252 g/mol. The lowest BCUT2D eigenvalue weighted by Crippen LogP contribution is -2.35. The predicted molar refractivity (Wildman–Crippen MR) is 69.1 cm³/mol. The zero-order chi connectivity index (χ0) is 12.7. The smallest absolute Gasteiger partial charge is 0.262 e. The lowest BCUT2D eigenvalue weighted by molar-refractivity contribution is 0.0909. The van der Waals surface area contributed by atoms with Gasteiger partial charge in [0, 0.05) is 18.7 Å². The van der Waals surface area contributed by atoms with Crippen molar-refractivity contribution in [1.29, 1.82) is 0 Å². The van der Waals surface area contributed by atoms with E-state index in [2.05, 4.69) is 17.2 Å². The highest BCUT2D eigenvalue weighted by Gasteiger charge is 2.14. The van der Waals surface area contributed by atoms with Gasteiger partial charge in [-0.2, -0.15) is 0 Å². The Hall–Kier alpha value is -1.35. The highest BCUT2D eigenvalue weighted by Crippen LogP contribution is 2.15. The Balaban J connectivity index is 2.72. The van der Waals surface area contributed by atoms with Gasteiger partial charge in [0.2, 0.25) is 0 Å². The first-order chi connectivity index (χ1) is 8.19. The van der Waals surface area contributed by atoms with Crippen molar-refractivity contribution in [3.63, 3.8) is 0 Å². The van der Waals surface area contributed by atoms with Gasteiger partial charge in [0.05, 0.1) is 13.2 Å². The first-order valence-electron chi connectivity index (χ1n) is 5.25. The standard InChI is InChI=1S/C12H16N2O2S/c1-9(8-16-2)14-12(15)11-10(4-3-6-13)5-7-17-11/h5,7,9H,6,8,13H2,1-2H3,(H,14,15). The highest BCUT2D eigenvalue weighted by atomic mass is 32.1. The van der Waals surface area contributed by atoms with Crippen molar-refractivity contribution >= 4 is 17.2 Å². The number of methoxy groups -OCH3 is 1. The number of carbonyl (C=O) groups excluding carboxylic acids is 1. The van der Waals surface area contributed by atoms with Gasteiger partial charge in [-0.1, -0.05) is 11.8 Å². The topological polar surface area (TPSA) is 64.3 Å². The summed E-state index contributed by atoms with van der Waals surface area (Å²) < 4.78 is 4.96. The number of hydrogen-bond acceptors (Lipinski definition) is 4. The van der Waals surface area contributed by atoms with Crippen LogP contribution in [0, 0.1) is 11.8 Å². The Labute approximate surface area is 105 Å². The second kappa shape index (κ2) is 7.07. The van der Waals surface area contributed by atoms with Crippen molar-refractivity contribution in [2.24, 2.45) is 5.73 Å². The summed E-state index contributed by atoms with van der Waals surface area (Å²) in [5.74, 6) is 5.51. The van der Waals surface area contributed by atoms with Crippen molar-refractivity contribution in [1.82, 2.24) is 5.32 Å². The summed E-state index contributed by atoms with van der Waals surface area (Å²) in [5, 5.41) is 4.69. The van der Waals surface area contributed by atoms with Gasteiger partial charge in [-0.3, -0.25) is 4.79 Å². The van der Waals surface area contributed by atoms with Gasteiger partial charge in [0.1, 0.15) is 4.88 Å². The Bertz CT molecular complexity index is 431. The number of carbonyl (C=O) groups is 1. The number of hydrogen-bond donors (Lipinski definition) is 2. The number of rotatable bonds is 4. The molecule has 0 saturated heterocycles. The van der Waals surface area contributed by atoms with E-state index in [0.717, 1.165) is 5.56 Å². The molecule has 1 aromatic heterocycles. The fourth-order valence-electron chi connectivity index (χ4n) is 1.31. The minimum absolute atomic E-state index is 0.0232. The van der Waals surface area contributed by atoms with Gasteiger partial charge in [-0.05, 0) is 18.4 Å². The SMILES string of the molecule is COCC(C)NC(=O)c1sccc1C#CCN. The van der Waals surface area contributed by atoms with E-state index < -0.39 is 0 Å². The molecular formula is C12H16N2O2S. The van der Waals surface area contributed by atoms with Crippen LogP contribution in [0.3, 0.4) is 0 Å². The minimum Gasteiger partial charge on any atom is -0.383 e. The molecule has 0 spiro atoms. The van der Waals surface area contributed by atoms with Crippen LogP contribution in [0.2, 0.25) is 0 Å². The minimum atomic E-state index is -0.120. The van der Waals surface area contributed by atoms with E-state index in [1.54, 1.807) is 7.11 Å². The molecule has 0 bridgehead atoms. The molecule has 0 aliphatic carbocycles. The molecule has 92 valence electrons. The molecule has 1 atom stereocenters. The largest absolute Gasteiger partial charge is 0.383 e. The maximum atomic E-state index is 11.9. The van der Waals surface area contributed by atoms with Crippen molar-refractivity contribution in [2.45, 2.75) is 13.0 Å². The zero-order valence-electron chi connectivity index (χ0n) is 9.95. The van der Waals surface area contributed by atoms with Crippen LogP contribution in [0.15, 0.2) is 11.4 Å². The molecule has 1 amide bonds. The van der Waals surface area contributed by atoms with E-state index in [1.165, 1.54) is 11.3 Å². The van der Waals surface area contributed by atoms with Crippen LogP contribution in [0.25, 0.3) is 0 Å². The van der Waals surface area contributed by atoms with Gasteiger partial charge in [-0.15, -0.1) is 11.3 Å². The molecule has 5 heteroatoms. The Morgan fingerprint density at radius 3 is 3.12 bits per heavy atom. The van der Waals surface area contributed by atoms with E-state index in [9.17, 15) is 4.79 Å². The predicted octanol–water partition coefficient (Wildman–Crippen LogP) is 0.823. The molecule has 0 fully saturated rings. The molecule has 17 heavy (non-hydrogen) atoms. The van der Waals surface area contributed by atoms with Crippen molar-refractivity contribution in [2.75, 3.05) is 20.3 Å². The van der Waals surface area contributed by atoms with Gasteiger partial charge in [0.25, 0.3) is 5.91 Å².